The minimum Gasteiger partial charge on any atom is -0.481 e. The molecule has 3 nitrogen and oxygen atoms in total. The van der Waals surface area contributed by atoms with Crippen LogP contribution >= 0.6 is 0 Å². The molecule has 0 aliphatic heterocycles. The molecule has 0 aromatic rings. The van der Waals surface area contributed by atoms with E-state index < -0.39 is 5.97 Å². The summed E-state index contributed by atoms with van der Waals surface area (Å²) >= 11 is 0. The lowest BCUT2D eigenvalue weighted by Gasteiger charge is -1.84. The average Bonchev–Trinajstić information content (AvgIpc) is 1.61. The topological polar surface area (TPSA) is 63.3 Å². The van der Waals surface area contributed by atoms with Gasteiger partial charge in [-0.2, -0.15) is 0 Å². The number of rotatable bonds is 3. The molecule has 0 heterocycles. The molecule has 0 fully saturated rings. The molecule has 4 heteroatoms. The van der Waals surface area contributed by atoms with E-state index in [1.54, 1.807) is 0 Å². The minimum atomic E-state index is -0.773. The summed E-state index contributed by atoms with van der Waals surface area (Å²) in [5, 5.41) is 7.99. The van der Waals surface area contributed by atoms with E-state index in [1.165, 1.54) is 0 Å². The van der Waals surface area contributed by atoms with Crippen molar-refractivity contribution < 1.29 is 9.90 Å². The standard InChI is InChI=1S/C3H8BNO2/c5-4-2-1-3(6)7/h4H,1-2,5H2,(H,6,7). The monoisotopic (exact) mass is 101 g/mol. The molecule has 0 aromatic carbocycles. The van der Waals surface area contributed by atoms with E-state index in [-0.39, 0.29) is 6.42 Å². The maximum Gasteiger partial charge on any atom is 0.302 e. The number of carboxylic acids is 1. The fourth-order valence-corrected chi connectivity index (χ4v) is 0.253. The SMILES string of the molecule is NBCCC(=O)O. The molecule has 0 aliphatic carbocycles. The quantitative estimate of drug-likeness (QED) is 0.457. The zero-order valence-corrected chi connectivity index (χ0v) is 4.05. The van der Waals surface area contributed by atoms with E-state index in [0.29, 0.717) is 13.7 Å². The number of aliphatic carboxylic acids is 1. The maximum atomic E-state index is 9.70. The van der Waals surface area contributed by atoms with Crippen LogP contribution in [0, 0.1) is 0 Å². The van der Waals surface area contributed by atoms with Crippen LogP contribution in [0.2, 0.25) is 6.32 Å². The van der Waals surface area contributed by atoms with Crippen molar-refractivity contribution in [2.45, 2.75) is 12.7 Å². The molecule has 7 heavy (non-hydrogen) atoms. The Morgan fingerprint density at radius 3 is 2.57 bits per heavy atom. The van der Waals surface area contributed by atoms with E-state index in [0.717, 1.165) is 0 Å². The van der Waals surface area contributed by atoms with Gasteiger partial charge in [-0.05, 0) is 0 Å². The summed E-state index contributed by atoms with van der Waals surface area (Å²) in [6, 6.07) is 0. The van der Waals surface area contributed by atoms with Crippen LogP contribution in [-0.4, -0.2) is 18.5 Å². The Morgan fingerprint density at radius 1 is 1.86 bits per heavy atom. The molecule has 0 radical (unpaired) electrons. The van der Waals surface area contributed by atoms with Crippen molar-refractivity contribution in [1.29, 1.82) is 0 Å². The smallest absolute Gasteiger partial charge is 0.302 e. The van der Waals surface area contributed by atoms with E-state index in [4.69, 9.17) is 10.8 Å². The van der Waals surface area contributed by atoms with Crippen molar-refractivity contribution in [2.24, 2.45) is 5.64 Å². The lowest BCUT2D eigenvalue weighted by molar-refractivity contribution is -0.136. The Balaban J connectivity index is 2.82. The van der Waals surface area contributed by atoms with E-state index >= 15 is 0 Å². The number of nitrogens with two attached hydrogens (primary N) is 1. The molecule has 0 saturated carbocycles. The van der Waals surface area contributed by atoms with Crippen molar-refractivity contribution in [3.8, 4) is 0 Å². The minimum absolute atomic E-state index is 0.191. The van der Waals surface area contributed by atoms with Crippen molar-refractivity contribution >= 4 is 13.4 Å². The number of carbonyl (C=O) groups is 1. The van der Waals surface area contributed by atoms with Crippen molar-refractivity contribution in [1.82, 2.24) is 0 Å². The van der Waals surface area contributed by atoms with Crippen LogP contribution in [0.1, 0.15) is 6.42 Å². The lowest BCUT2D eigenvalue weighted by Crippen LogP contribution is -2.06. The first-order valence-corrected chi connectivity index (χ1v) is 2.19. The third-order valence-corrected chi connectivity index (χ3v) is 0.595. The van der Waals surface area contributed by atoms with Crippen LogP contribution in [0.15, 0.2) is 0 Å². The molecule has 0 aromatic heterocycles. The Bertz CT molecular complexity index is 66.0. The van der Waals surface area contributed by atoms with Crippen LogP contribution < -0.4 is 5.64 Å². The molecule has 0 aliphatic rings. The predicted molar refractivity (Wildman–Crippen MR) is 28.4 cm³/mol. The molecular weight excluding hydrogens is 92.8 g/mol. The summed E-state index contributed by atoms with van der Waals surface area (Å²) in [6.45, 7) is 0. The average molecular weight is 101 g/mol. The maximum absolute atomic E-state index is 9.70. The fraction of sp³-hybridized carbons (Fsp3) is 0.667. The number of hydrogen-bond donors (Lipinski definition) is 2. The second-order valence-electron chi connectivity index (χ2n) is 1.29. The van der Waals surface area contributed by atoms with Gasteiger partial charge in [-0.15, -0.1) is 0 Å². The summed E-state index contributed by atoms with van der Waals surface area (Å²) in [4.78, 5) is 9.70. The van der Waals surface area contributed by atoms with E-state index in [2.05, 4.69) is 0 Å². The molecule has 0 spiro atoms. The highest BCUT2D eigenvalue weighted by Gasteiger charge is 1.92. The molecule has 0 atom stereocenters. The van der Waals surface area contributed by atoms with Crippen molar-refractivity contribution in [3.05, 3.63) is 0 Å². The summed E-state index contributed by atoms with van der Waals surface area (Å²) < 4.78 is 0. The first kappa shape index (κ1) is 6.49. The Labute approximate surface area is 42.8 Å². The van der Waals surface area contributed by atoms with Gasteiger partial charge >= 0.3 is 5.97 Å². The molecule has 40 valence electrons. The Hall–Kier alpha value is -0.505. The highest BCUT2D eigenvalue weighted by Crippen LogP contribution is 1.82. The van der Waals surface area contributed by atoms with Gasteiger partial charge in [-0.3, -0.25) is 4.79 Å². The van der Waals surface area contributed by atoms with Gasteiger partial charge in [0.1, 0.15) is 0 Å². The molecule has 0 saturated heterocycles. The van der Waals surface area contributed by atoms with Crippen LogP contribution in [0.25, 0.3) is 0 Å². The fourth-order valence-electron chi connectivity index (χ4n) is 0.253. The summed E-state index contributed by atoms with van der Waals surface area (Å²) in [5.41, 5.74) is 5.01. The third kappa shape index (κ3) is 5.49. The summed E-state index contributed by atoms with van der Waals surface area (Å²) in [7, 11) is 0.465. The molecule has 0 amide bonds. The van der Waals surface area contributed by atoms with Gasteiger partial charge < -0.3 is 10.8 Å². The number of hydrogen-bond acceptors (Lipinski definition) is 2. The zero-order valence-electron chi connectivity index (χ0n) is 4.05. The summed E-state index contributed by atoms with van der Waals surface area (Å²) in [5.74, 6) is -0.773. The van der Waals surface area contributed by atoms with Gasteiger partial charge in [0.05, 0.1) is 0 Å². The Morgan fingerprint density at radius 2 is 2.43 bits per heavy atom. The molecule has 0 unspecified atom stereocenters. The van der Waals surface area contributed by atoms with Gasteiger partial charge in [-0.25, -0.2) is 0 Å². The Kier molecular flexibility index (Phi) is 3.41. The van der Waals surface area contributed by atoms with Crippen molar-refractivity contribution in [2.75, 3.05) is 0 Å². The molecule has 0 bridgehead atoms. The van der Waals surface area contributed by atoms with Crippen LogP contribution in [-0.2, 0) is 4.79 Å². The van der Waals surface area contributed by atoms with Gasteiger partial charge in [-0.1, -0.05) is 6.32 Å². The molecule has 3 N–H and O–H groups in total. The first-order valence-electron chi connectivity index (χ1n) is 2.19. The van der Waals surface area contributed by atoms with Gasteiger partial charge in [0.25, 0.3) is 0 Å². The van der Waals surface area contributed by atoms with Crippen molar-refractivity contribution in [3.63, 3.8) is 0 Å². The first-order chi connectivity index (χ1) is 3.27. The van der Waals surface area contributed by atoms with Gasteiger partial charge in [0.15, 0.2) is 7.41 Å². The molecule has 0 rings (SSSR count). The molecular formula is C3H8BNO2. The normalized spacial score (nSPS) is 8.14. The highest BCUT2D eigenvalue weighted by atomic mass is 16.4. The van der Waals surface area contributed by atoms with Crippen LogP contribution in [0.4, 0.5) is 0 Å². The predicted octanol–water partition coefficient (Wildman–Crippen LogP) is -0.810. The lowest BCUT2D eigenvalue weighted by atomic mass is 9.90. The van der Waals surface area contributed by atoms with Gasteiger partial charge in [0, 0.05) is 6.42 Å². The van der Waals surface area contributed by atoms with Gasteiger partial charge in [0.2, 0.25) is 0 Å². The summed E-state index contributed by atoms with van der Waals surface area (Å²) in [6.07, 6.45) is 0.770. The zero-order chi connectivity index (χ0) is 5.70. The second-order valence-corrected chi connectivity index (χ2v) is 1.29. The van der Waals surface area contributed by atoms with Crippen LogP contribution in [0.3, 0.4) is 0 Å². The van der Waals surface area contributed by atoms with E-state index in [9.17, 15) is 4.79 Å². The third-order valence-electron chi connectivity index (χ3n) is 0.595. The highest BCUT2D eigenvalue weighted by molar-refractivity contribution is 6.31. The number of carboxylic acid groups (broad SMARTS) is 1. The van der Waals surface area contributed by atoms with E-state index in [1.807, 2.05) is 0 Å². The largest absolute Gasteiger partial charge is 0.481 e. The second kappa shape index (κ2) is 3.68. The van der Waals surface area contributed by atoms with Crippen LogP contribution in [0.5, 0.6) is 0 Å².